The first-order chi connectivity index (χ1) is 10.0. The van der Waals surface area contributed by atoms with E-state index in [2.05, 4.69) is 30.8 Å². The van der Waals surface area contributed by atoms with Gasteiger partial charge in [-0.3, -0.25) is 0 Å². The Hall–Kier alpha value is -0.910. The van der Waals surface area contributed by atoms with Crippen LogP contribution in [0.5, 0.6) is 0 Å². The molecule has 1 atom stereocenters. The van der Waals surface area contributed by atoms with Crippen molar-refractivity contribution in [3.63, 3.8) is 0 Å². The van der Waals surface area contributed by atoms with Gasteiger partial charge in [0.2, 0.25) is 10.0 Å². The normalized spacial score (nSPS) is 13.3. The first-order valence-corrected chi connectivity index (χ1v) is 9.32. The average Bonchev–Trinajstić information content (AvgIpc) is 2.49. The van der Waals surface area contributed by atoms with Gasteiger partial charge < -0.3 is 5.32 Å². The van der Waals surface area contributed by atoms with E-state index in [1.54, 1.807) is 12.1 Å². The van der Waals surface area contributed by atoms with Crippen molar-refractivity contribution in [2.24, 2.45) is 0 Å². The molecule has 0 aliphatic heterocycles. The summed E-state index contributed by atoms with van der Waals surface area (Å²) in [6.07, 6.45) is 4.09. The highest BCUT2D eigenvalue weighted by Gasteiger charge is 2.13. The van der Waals surface area contributed by atoms with Gasteiger partial charge in [0.05, 0.1) is 4.90 Å². The molecule has 0 radical (unpaired) electrons. The topological polar surface area (TPSA) is 58.2 Å². The summed E-state index contributed by atoms with van der Waals surface area (Å²) in [5.41, 5.74) is 1.10. The van der Waals surface area contributed by atoms with E-state index in [1.165, 1.54) is 0 Å². The van der Waals surface area contributed by atoms with Crippen molar-refractivity contribution in [3.8, 4) is 0 Å². The summed E-state index contributed by atoms with van der Waals surface area (Å²) in [5, 5.41) is 3.39. The molecular weight excluding hydrogens is 284 g/mol. The Balaban J connectivity index is 2.63. The van der Waals surface area contributed by atoms with Crippen LogP contribution in [0, 0.1) is 0 Å². The van der Waals surface area contributed by atoms with Gasteiger partial charge in [-0.1, -0.05) is 38.8 Å². The van der Waals surface area contributed by atoms with Gasteiger partial charge in [-0.2, -0.15) is 0 Å². The molecule has 0 bridgehead atoms. The molecule has 2 N–H and O–H groups in total. The second-order valence-electron chi connectivity index (χ2n) is 5.35. The number of unbranched alkanes of at least 4 members (excludes halogenated alkanes) is 2. The Morgan fingerprint density at radius 3 is 2.24 bits per heavy atom. The molecule has 0 aromatic heterocycles. The quantitative estimate of drug-likeness (QED) is 0.652. The van der Waals surface area contributed by atoms with Crippen molar-refractivity contribution >= 4 is 10.0 Å². The van der Waals surface area contributed by atoms with Crippen LogP contribution in [0.4, 0.5) is 0 Å². The third-order valence-electron chi connectivity index (χ3n) is 3.46. The second-order valence-corrected chi connectivity index (χ2v) is 7.12. The lowest BCUT2D eigenvalue weighted by atomic mass is 10.1. The summed E-state index contributed by atoms with van der Waals surface area (Å²) >= 11 is 0. The summed E-state index contributed by atoms with van der Waals surface area (Å²) in [4.78, 5) is 0.338. The molecule has 0 saturated heterocycles. The molecule has 0 spiro atoms. The van der Waals surface area contributed by atoms with Gasteiger partial charge in [0.25, 0.3) is 0 Å². The Morgan fingerprint density at radius 2 is 1.67 bits per heavy atom. The van der Waals surface area contributed by atoms with Crippen LogP contribution in [-0.4, -0.2) is 21.5 Å². The summed E-state index contributed by atoms with van der Waals surface area (Å²) < 4.78 is 26.9. The van der Waals surface area contributed by atoms with Gasteiger partial charge in [-0.15, -0.1) is 0 Å². The minimum atomic E-state index is -3.37. The van der Waals surface area contributed by atoms with Gasteiger partial charge in [0.15, 0.2) is 0 Å². The highest BCUT2D eigenvalue weighted by molar-refractivity contribution is 7.89. The number of nitrogens with one attached hydrogen (secondary N) is 2. The van der Waals surface area contributed by atoms with Crippen LogP contribution in [-0.2, 0) is 10.0 Å². The van der Waals surface area contributed by atoms with E-state index in [4.69, 9.17) is 0 Å². The van der Waals surface area contributed by atoms with Gasteiger partial charge in [0.1, 0.15) is 0 Å². The third-order valence-corrected chi connectivity index (χ3v) is 4.94. The van der Waals surface area contributed by atoms with E-state index in [9.17, 15) is 8.42 Å². The van der Waals surface area contributed by atoms with E-state index >= 15 is 0 Å². The zero-order valence-electron chi connectivity index (χ0n) is 13.4. The minimum Gasteiger partial charge on any atom is -0.310 e. The van der Waals surface area contributed by atoms with E-state index < -0.39 is 10.0 Å². The summed E-state index contributed by atoms with van der Waals surface area (Å²) in [6.45, 7) is 7.77. The molecule has 1 aromatic rings. The molecule has 1 aromatic carbocycles. The largest absolute Gasteiger partial charge is 0.310 e. The van der Waals surface area contributed by atoms with Gasteiger partial charge in [-0.25, -0.2) is 13.1 Å². The lowest BCUT2D eigenvalue weighted by Gasteiger charge is -2.14. The lowest BCUT2D eigenvalue weighted by molar-refractivity contribution is 0.568. The summed E-state index contributed by atoms with van der Waals surface area (Å²) in [5.74, 6) is 0. The maximum atomic E-state index is 12.1. The van der Waals surface area contributed by atoms with Crippen LogP contribution in [0.3, 0.4) is 0 Å². The first-order valence-electron chi connectivity index (χ1n) is 7.84. The maximum absolute atomic E-state index is 12.1. The molecule has 0 aliphatic rings. The number of rotatable bonds is 10. The number of sulfonamides is 1. The summed E-state index contributed by atoms with van der Waals surface area (Å²) in [6, 6.07) is 7.37. The molecule has 0 aliphatic carbocycles. The van der Waals surface area contributed by atoms with Crippen molar-refractivity contribution < 1.29 is 8.42 Å². The van der Waals surface area contributed by atoms with Crippen molar-refractivity contribution in [2.45, 2.75) is 57.4 Å². The monoisotopic (exact) mass is 312 g/mol. The number of hydrogen-bond donors (Lipinski definition) is 2. The summed E-state index contributed by atoms with van der Waals surface area (Å²) in [7, 11) is -3.37. The van der Waals surface area contributed by atoms with Gasteiger partial charge >= 0.3 is 0 Å². The first kappa shape index (κ1) is 18.1. The van der Waals surface area contributed by atoms with Crippen LogP contribution in [0.2, 0.25) is 0 Å². The fourth-order valence-electron chi connectivity index (χ4n) is 2.08. The molecule has 5 heteroatoms. The Kier molecular flexibility index (Phi) is 7.93. The Morgan fingerprint density at radius 1 is 1.00 bits per heavy atom. The molecule has 120 valence electrons. The minimum absolute atomic E-state index is 0.235. The second kappa shape index (κ2) is 9.18. The van der Waals surface area contributed by atoms with Crippen LogP contribution in [0.25, 0.3) is 0 Å². The molecule has 21 heavy (non-hydrogen) atoms. The molecule has 4 nitrogen and oxygen atoms in total. The van der Waals surface area contributed by atoms with Crippen LogP contribution in [0.1, 0.15) is 58.1 Å². The molecule has 0 amide bonds. The van der Waals surface area contributed by atoms with Gasteiger partial charge in [0, 0.05) is 12.6 Å². The maximum Gasteiger partial charge on any atom is 0.240 e. The van der Waals surface area contributed by atoms with Crippen molar-refractivity contribution in [3.05, 3.63) is 29.8 Å². The molecular formula is C16H28N2O2S. The standard InChI is InChI=1S/C16H28N2O2S/c1-4-6-7-13-18-21(19,20)16-10-8-15(9-11-16)14(3)17-12-5-2/h8-11,14,17-18H,4-7,12-13H2,1-3H3. The van der Waals surface area contributed by atoms with E-state index in [-0.39, 0.29) is 6.04 Å². The molecule has 0 heterocycles. The molecule has 1 unspecified atom stereocenters. The Bertz CT molecular complexity index is 498. The van der Waals surface area contributed by atoms with Crippen LogP contribution < -0.4 is 10.0 Å². The van der Waals surface area contributed by atoms with Crippen LogP contribution in [0.15, 0.2) is 29.2 Å². The van der Waals surface area contributed by atoms with E-state index in [1.807, 2.05) is 12.1 Å². The molecule has 1 rings (SSSR count). The predicted octanol–water partition coefficient (Wildman–Crippen LogP) is 3.22. The van der Waals surface area contributed by atoms with E-state index in [0.717, 1.165) is 37.8 Å². The molecule has 0 fully saturated rings. The zero-order chi connectivity index (χ0) is 15.7. The highest BCUT2D eigenvalue weighted by Crippen LogP contribution is 2.16. The SMILES string of the molecule is CCCCCNS(=O)(=O)c1ccc(C(C)NCCC)cc1. The molecule has 0 saturated carbocycles. The van der Waals surface area contributed by atoms with Crippen LogP contribution >= 0.6 is 0 Å². The lowest BCUT2D eigenvalue weighted by Crippen LogP contribution is -2.25. The number of hydrogen-bond acceptors (Lipinski definition) is 3. The van der Waals surface area contributed by atoms with E-state index in [0.29, 0.717) is 11.4 Å². The van der Waals surface area contributed by atoms with Gasteiger partial charge in [-0.05, 0) is 44.0 Å². The fourth-order valence-corrected chi connectivity index (χ4v) is 3.15. The predicted molar refractivity (Wildman–Crippen MR) is 87.9 cm³/mol. The van der Waals surface area contributed by atoms with Crippen molar-refractivity contribution in [1.29, 1.82) is 0 Å². The number of benzene rings is 1. The Labute approximate surface area is 129 Å². The smallest absolute Gasteiger partial charge is 0.240 e. The third kappa shape index (κ3) is 6.16. The van der Waals surface area contributed by atoms with Crippen molar-refractivity contribution in [2.75, 3.05) is 13.1 Å². The van der Waals surface area contributed by atoms with Crippen molar-refractivity contribution in [1.82, 2.24) is 10.0 Å². The fraction of sp³-hybridized carbons (Fsp3) is 0.625. The highest BCUT2D eigenvalue weighted by atomic mass is 32.2. The average molecular weight is 312 g/mol. The zero-order valence-corrected chi connectivity index (χ0v) is 14.2.